The maximum atomic E-state index is 12.5. The lowest BCUT2D eigenvalue weighted by molar-refractivity contribution is 0.0992. The van der Waals surface area contributed by atoms with E-state index >= 15 is 0 Å². The Morgan fingerprint density at radius 1 is 0.969 bits per heavy atom. The maximum absolute atomic E-state index is 12.5. The van der Waals surface area contributed by atoms with Gasteiger partial charge in [0.25, 0.3) is 5.91 Å². The smallest absolute Gasteiger partial charge is 0.291 e. The number of hydrogen-bond donors (Lipinski definition) is 2. The normalized spacial score (nSPS) is 11.0. The number of rotatable bonds is 10. The van der Waals surface area contributed by atoms with Crippen molar-refractivity contribution in [2.24, 2.45) is 0 Å². The van der Waals surface area contributed by atoms with Crippen LogP contribution in [0.3, 0.4) is 0 Å². The van der Waals surface area contributed by atoms with Gasteiger partial charge in [0.05, 0.1) is 25.7 Å². The lowest BCUT2D eigenvalue weighted by Crippen LogP contribution is -2.15. The number of carbonyl (C=O) groups excluding carboxylic acids is 1. The van der Waals surface area contributed by atoms with Crippen molar-refractivity contribution < 1.29 is 31.8 Å². The van der Waals surface area contributed by atoms with Crippen LogP contribution in [-0.4, -0.2) is 34.3 Å². The Labute approximate surface area is 186 Å². The monoisotopic (exact) mass is 460 g/mol. The highest BCUT2D eigenvalue weighted by Crippen LogP contribution is 2.29. The van der Waals surface area contributed by atoms with Gasteiger partial charge in [0.1, 0.15) is 18.1 Å². The van der Waals surface area contributed by atoms with Crippen molar-refractivity contribution in [3.8, 4) is 17.2 Å². The molecule has 0 atom stereocenters. The molecule has 0 saturated heterocycles. The molecule has 9 nitrogen and oxygen atoms in total. The predicted molar refractivity (Wildman–Crippen MR) is 120 cm³/mol. The molecule has 10 heteroatoms. The Kier molecular flexibility index (Phi) is 7.26. The molecule has 1 aromatic heterocycles. The first-order valence-corrected chi connectivity index (χ1v) is 11.3. The zero-order valence-corrected chi connectivity index (χ0v) is 18.7. The van der Waals surface area contributed by atoms with Crippen LogP contribution in [0, 0.1) is 0 Å². The average Bonchev–Trinajstić information content (AvgIpc) is 3.28. The largest absolute Gasteiger partial charge is 0.494 e. The third-order valence-electron chi connectivity index (χ3n) is 4.43. The summed E-state index contributed by atoms with van der Waals surface area (Å²) in [6, 6.07) is 15.0. The lowest BCUT2D eigenvalue weighted by Gasteiger charge is -2.12. The Hall–Kier alpha value is -3.66. The van der Waals surface area contributed by atoms with Crippen LogP contribution in [0.5, 0.6) is 17.2 Å². The molecule has 0 saturated carbocycles. The van der Waals surface area contributed by atoms with Crippen molar-refractivity contribution in [1.82, 2.24) is 0 Å². The van der Waals surface area contributed by atoms with Gasteiger partial charge in [-0.1, -0.05) is 12.1 Å². The van der Waals surface area contributed by atoms with E-state index in [9.17, 15) is 13.2 Å². The number of methoxy groups -OCH3 is 2. The zero-order chi connectivity index (χ0) is 23.1. The van der Waals surface area contributed by atoms with Gasteiger partial charge in [-0.25, -0.2) is 8.42 Å². The standard InChI is InChI=1S/C22H24N2O7S/c1-4-32(26,27)24-17-11-9-15(13-21(17)29-3)23-22(25)20-12-10-16(31-20)14-30-19-8-6-5-7-18(19)28-2/h5-13,24H,4,14H2,1-3H3,(H,23,25). The SMILES string of the molecule is CCS(=O)(=O)Nc1ccc(NC(=O)c2ccc(COc3ccccc3OC)o2)cc1OC. The fourth-order valence-electron chi connectivity index (χ4n) is 2.75. The molecule has 0 bridgehead atoms. The first kappa shape index (κ1) is 23.0. The van der Waals surface area contributed by atoms with E-state index in [1.54, 1.807) is 31.4 Å². The number of furan rings is 1. The summed E-state index contributed by atoms with van der Waals surface area (Å²) in [6.45, 7) is 1.65. The second kappa shape index (κ2) is 10.1. The van der Waals surface area contributed by atoms with E-state index in [1.807, 2.05) is 12.1 Å². The minimum Gasteiger partial charge on any atom is -0.494 e. The topological polar surface area (TPSA) is 116 Å². The van der Waals surface area contributed by atoms with Crippen LogP contribution in [0.4, 0.5) is 11.4 Å². The van der Waals surface area contributed by atoms with Crippen LogP contribution in [0.1, 0.15) is 23.2 Å². The summed E-state index contributed by atoms with van der Waals surface area (Å²) in [7, 11) is -0.502. The van der Waals surface area contributed by atoms with Gasteiger partial charge in [-0.3, -0.25) is 9.52 Å². The van der Waals surface area contributed by atoms with Gasteiger partial charge in [0.2, 0.25) is 10.0 Å². The minimum atomic E-state index is -3.46. The summed E-state index contributed by atoms with van der Waals surface area (Å²) in [5.74, 6) is 1.43. The van der Waals surface area contributed by atoms with E-state index in [-0.39, 0.29) is 29.6 Å². The summed E-state index contributed by atoms with van der Waals surface area (Å²) in [6.07, 6.45) is 0. The Morgan fingerprint density at radius 3 is 2.38 bits per heavy atom. The maximum Gasteiger partial charge on any atom is 0.291 e. The fourth-order valence-corrected chi connectivity index (χ4v) is 3.40. The number of ether oxygens (including phenoxy) is 3. The Balaban J connectivity index is 1.65. The Bertz CT molecular complexity index is 1190. The number of hydrogen-bond acceptors (Lipinski definition) is 7. The van der Waals surface area contributed by atoms with Gasteiger partial charge in [-0.05, 0) is 43.3 Å². The van der Waals surface area contributed by atoms with Gasteiger partial charge in [0.15, 0.2) is 17.3 Å². The van der Waals surface area contributed by atoms with E-state index < -0.39 is 15.9 Å². The van der Waals surface area contributed by atoms with Gasteiger partial charge in [-0.2, -0.15) is 0 Å². The van der Waals surface area contributed by atoms with Crippen molar-refractivity contribution in [2.75, 3.05) is 30.0 Å². The first-order valence-electron chi connectivity index (χ1n) is 9.69. The van der Waals surface area contributed by atoms with Crippen molar-refractivity contribution in [3.05, 3.63) is 66.1 Å². The van der Waals surface area contributed by atoms with Crippen molar-refractivity contribution in [3.63, 3.8) is 0 Å². The third kappa shape index (κ3) is 5.73. The molecule has 0 aliphatic heterocycles. The average molecular weight is 461 g/mol. The highest BCUT2D eigenvalue weighted by Gasteiger charge is 2.15. The molecule has 3 rings (SSSR count). The van der Waals surface area contributed by atoms with E-state index in [4.69, 9.17) is 18.6 Å². The molecule has 2 aromatic carbocycles. The number of para-hydroxylation sites is 2. The molecule has 0 radical (unpaired) electrons. The molecule has 0 unspecified atom stereocenters. The van der Waals surface area contributed by atoms with Crippen LogP contribution < -0.4 is 24.2 Å². The fraction of sp³-hybridized carbons (Fsp3) is 0.227. The zero-order valence-electron chi connectivity index (χ0n) is 17.9. The van der Waals surface area contributed by atoms with E-state index in [0.717, 1.165) is 0 Å². The summed E-state index contributed by atoms with van der Waals surface area (Å²) >= 11 is 0. The molecule has 170 valence electrons. The van der Waals surface area contributed by atoms with E-state index in [1.165, 1.54) is 32.2 Å². The molecule has 32 heavy (non-hydrogen) atoms. The molecular weight excluding hydrogens is 436 g/mol. The van der Waals surface area contributed by atoms with Crippen LogP contribution >= 0.6 is 0 Å². The number of nitrogens with one attached hydrogen (secondary N) is 2. The van der Waals surface area contributed by atoms with Gasteiger partial charge >= 0.3 is 0 Å². The number of anilines is 2. The van der Waals surface area contributed by atoms with Crippen molar-refractivity contribution in [1.29, 1.82) is 0 Å². The summed E-state index contributed by atoms with van der Waals surface area (Å²) in [4.78, 5) is 12.5. The molecule has 1 amide bonds. The summed E-state index contributed by atoms with van der Waals surface area (Å²) in [5, 5.41) is 2.69. The lowest BCUT2D eigenvalue weighted by atomic mass is 10.2. The van der Waals surface area contributed by atoms with E-state index in [2.05, 4.69) is 10.0 Å². The molecule has 0 spiro atoms. The van der Waals surface area contributed by atoms with Gasteiger partial charge in [0, 0.05) is 11.8 Å². The highest BCUT2D eigenvalue weighted by atomic mass is 32.2. The number of amides is 1. The van der Waals surface area contributed by atoms with Gasteiger partial charge < -0.3 is 23.9 Å². The summed E-state index contributed by atoms with van der Waals surface area (Å²) in [5.41, 5.74) is 0.690. The minimum absolute atomic E-state index is 0.0732. The predicted octanol–water partition coefficient (Wildman–Crippen LogP) is 3.89. The van der Waals surface area contributed by atoms with E-state index in [0.29, 0.717) is 22.9 Å². The van der Waals surface area contributed by atoms with Crippen molar-refractivity contribution in [2.45, 2.75) is 13.5 Å². The van der Waals surface area contributed by atoms with Crippen molar-refractivity contribution >= 4 is 27.3 Å². The molecule has 0 aliphatic rings. The number of benzene rings is 2. The Morgan fingerprint density at radius 2 is 1.69 bits per heavy atom. The number of carbonyl (C=O) groups is 1. The number of sulfonamides is 1. The van der Waals surface area contributed by atoms with Crippen LogP contribution in [0.2, 0.25) is 0 Å². The summed E-state index contributed by atoms with van der Waals surface area (Å²) < 4.78 is 47.8. The van der Waals surface area contributed by atoms with Gasteiger partial charge in [-0.15, -0.1) is 0 Å². The highest BCUT2D eigenvalue weighted by molar-refractivity contribution is 7.92. The van der Waals surface area contributed by atoms with Crippen LogP contribution in [-0.2, 0) is 16.6 Å². The van der Waals surface area contributed by atoms with Crippen LogP contribution in [0.15, 0.2) is 59.0 Å². The molecule has 3 aromatic rings. The second-order valence-corrected chi connectivity index (χ2v) is 8.59. The second-order valence-electron chi connectivity index (χ2n) is 6.58. The van der Waals surface area contributed by atoms with Crippen LogP contribution in [0.25, 0.3) is 0 Å². The first-order chi connectivity index (χ1) is 15.3. The molecular formula is C22H24N2O7S. The molecule has 2 N–H and O–H groups in total. The third-order valence-corrected chi connectivity index (χ3v) is 5.72. The molecule has 0 fully saturated rings. The molecule has 1 heterocycles. The molecule has 0 aliphatic carbocycles. The quantitative estimate of drug-likeness (QED) is 0.471.